The Hall–Kier alpha value is -0.860. The maximum atomic E-state index is 12.2. The first-order chi connectivity index (χ1) is 12.2. The lowest BCUT2D eigenvalue weighted by Crippen LogP contribution is -2.47. The van der Waals surface area contributed by atoms with Crippen molar-refractivity contribution in [2.24, 2.45) is 11.7 Å². The summed E-state index contributed by atoms with van der Waals surface area (Å²) < 4.78 is 0. The largest absolute Gasteiger partial charge is 0.356 e. The highest BCUT2D eigenvalue weighted by molar-refractivity contribution is 5.86. The topological polar surface area (TPSA) is 87.4 Å². The number of hydrogen-bond acceptors (Lipinski definition) is 6. The SMILES string of the molecule is Cl.Cl.Cl.NC1CCCC(C(=O)NCCCN2CCN(c3ncccn3)CC2)C1. The van der Waals surface area contributed by atoms with Gasteiger partial charge < -0.3 is 16.0 Å². The fourth-order valence-corrected chi connectivity index (χ4v) is 3.75. The molecule has 1 saturated heterocycles. The van der Waals surface area contributed by atoms with Crippen LogP contribution in [-0.2, 0) is 4.79 Å². The number of carbonyl (C=O) groups is 1. The monoisotopic (exact) mass is 454 g/mol. The molecule has 1 saturated carbocycles. The molecule has 3 N–H and O–H groups in total. The summed E-state index contributed by atoms with van der Waals surface area (Å²) in [7, 11) is 0. The molecular weight excluding hydrogens is 423 g/mol. The number of rotatable bonds is 6. The smallest absolute Gasteiger partial charge is 0.225 e. The van der Waals surface area contributed by atoms with Crippen LogP contribution in [0.4, 0.5) is 5.95 Å². The zero-order chi connectivity index (χ0) is 17.5. The van der Waals surface area contributed by atoms with Crippen LogP contribution in [0.3, 0.4) is 0 Å². The number of nitrogens with two attached hydrogens (primary N) is 1. The lowest BCUT2D eigenvalue weighted by molar-refractivity contribution is -0.126. The van der Waals surface area contributed by atoms with E-state index >= 15 is 0 Å². The maximum absolute atomic E-state index is 12.2. The van der Waals surface area contributed by atoms with Crippen LogP contribution >= 0.6 is 37.2 Å². The Morgan fingerprint density at radius 3 is 2.43 bits per heavy atom. The molecule has 1 aliphatic heterocycles. The van der Waals surface area contributed by atoms with Crippen LogP contribution < -0.4 is 16.0 Å². The van der Waals surface area contributed by atoms with Crippen molar-refractivity contribution in [3.8, 4) is 0 Å². The summed E-state index contributed by atoms with van der Waals surface area (Å²) in [5.74, 6) is 1.14. The molecule has 2 heterocycles. The van der Waals surface area contributed by atoms with E-state index in [4.69, 9.17) is 5.73 Å². The number of halogens is 3. The van der Waals surface area contributed by atoms with Crippen LogP contribution in [0.15, 0.2) is 18.5 Å². The molecule has 28 heavy (non-hydrogen) atoms. The van der Waals surface area contributed by atoms with Crippen molar-refractivity contribution in [1.29, 1.82) is 0 Å². The van der Waals surface area contributed by atoms with Gasteiger partial charge in [-0.05, 0) is 38.3 Å². The molecule has 2 aliphatic rings. The molecule has 1 aromatic rings. The third-order valence-electron chi connectivity index (χ3n) is 5.24. The summed E-state index contributed by atoms with van der Waals surface area (Å²) in [5.41, 5.74) is 5.97. The van der Waals surface area contributed by atoms with Gasteiger partial charge in [-0.1, -0.05) is 6.42 Å². The number of piperazine rings is 1. The van der Waals surface area contributed by atoms with Gasteiger partial charge in [0.15, 0.2) is 0 Å². The van der Waals surface area contributed by atoms with Crippen LogP contribution in [-0.4, -0.2) is 66.1 Å². The summed E-state index contributed by atoms with van der Waals surface area (Å²) in [5, 5.41) is 3.10. The normalized spacial score (nSPS) is 22.2. The fourth-order valence-electron chi connectivity index (χ4n) is 3.75. The molecule has 10 heteroatoms. The summed E-state index contributed by atoms with van der Waals surface area (Å²) in [6.07, 6.45) is 8.54. The predicted octanol–water partition coefficient (Wildman–Crippen LogP) is 1.89. The van der Waals surface area contributed by atoms with Crippen LogP contribution in [0, 0.1) is 5.92 Å². The van der Waals surface area contributed by atoms with E-state index in [1.165, 1.54) is 0 Å². The van der Waals surface area contributed by atoms with E-state index in [-0.39, 0.29) is 55.1 Å². The lowest BCUT2D eigenvalue weighted by atomic mass is 9.85. The first-order valence-corrected chi connectivity index (χ1v) is 9.50. The van der Waals surface area contributed by atoms with E-state index in [1.807, 2.05) is 6.07 Å². The number of amides is 1. The van der Waals surface area contributed by atoms with Crippen molar-refractivity contribution in [3.05, 3.63) is 18.5 Å². The Morgan fingerprint density at radius 1 is 1.11 bits per heavy atom. The molecule has 1 aliphatic carbocycles. The maximum Gasteiger partial charge on any atom is 0.225 e. The average Bonchev–Trinajstić information content (AvgIpc) is 2.66. The minimum absolute atomic E-state index is 0. The third kappa shape index (κ3) is 8.25. The molecule has 0 aromatic carbocycles. The Kier molecular flexibility index (Phi) is 13.7. The van der Waals surface area contributed by atoms with Crippen molar-refractivity contribution < 1.29 is 4.79 Å². The zero-order valence-electron chi connectivity index (χ0n) is 16.2. The highest BCUT2D eigenvalue weighted by Crippen LogP contribution is 2.23. The summed E-state index contributed by atoms with van der Waals surface area (Å²) in [6.45, 7) is 5.72. The lowest BCUT2D eigenvalue weighted by Gasteiger charge is -2.34. The van der Waals surface area contributed by atoms with Crippen molar-refractivity contribution >= 4 is 49.1 Å². The first-order valence-electron chi connectivity index (χ1n) is 9.50. The Labute approximate surface area is 186 Å². The second kappa shape index (κ2) is 14.2. The molecule has 0 spiro atoms. The number of anilines is 1. The second-order valence-electron chi connectivity index (χ2n) is 7.15. The van der Waals surface area contributed by atoms with Gasteiger partial charge in [-0.3, -0.25) is 9.69 Å². The summed E-state index contributed by atoms with van der Waals surface area (Å²) in [4.78, 5) is 25.5. The van der Waals surface area contributed by atoms with Crippen LogP contribution in [0.5, 0.6) is 0 Å². The highest BCUT2D eigenvalue weighted by atomic mass is 35.5. The van der Waals surface area contributed by atoms with Crippen LogP contribution in [0.1, 0.15) is 32.1 Å². The van der Waals surface area contributed by atoms with Gasteiger partial charge >= 0.3 is 0 Å². The molecule has 0 radical (unpaired) electrons. The van der Waals surface area contributed by atoms with Gasteiger partial charge in [-0.15, -0.1) is 37.2 Å². The number of carbonyl (C=O) groups excluding carboxylic acids is 1. The predicted molar refractivity (Wildman–Crippen MR) is 120 cm³/mol. The van der Waals surface area contributed by atoms with E-state index in [1.54, 1.807) is 12.4 Å². The van der Waals surface area contributed by atoms with Gasteiger partial charge in [0.2, 0.25) is 11.9 Å². The van der Waals surface area contributed by atoms with Crippen molar-refractivity contribution in [1.82, 2.24) is 20.2 Å². The number of aromatic nitrogens is 2. The van der Waals surface area contributed by atoms with Gasteiger partial charge in [-0.25, -0.2) is 9.97 Å². The van der Waals surface area contributed by atoms with E-state index in [9.17, 15) is 4.79 Å². The number of nitrogens with zero attached hydrogens (tertiary/aromatic N) is 4. The third-order valence-corrected chi connectivity index (χ3v) is 5.24. The Bertz CT molecular complexity index is 545. The minimum Gasteiger partial charge on any atom is -0.356 e. The highest BCUT2D eigenvalue weighted by Gasteiger charge is 2.25. The molecule has 1 amide bonds. The van der Waals surface area contributed by atoms with Gasteiger partial charge in [0.05, 0.1) is 0 Å². The molecule has 162 valence electrons. The van der Waals surface area contributed by atoms with Gasteiger partial charge in [0.1, 0.15) is 0 Å². The van der Waals surface area contributed by atoms with E-state index in [0.717, 1.165) is 77.3 Å². The van der Waals surface area contributed by atoms with E-state index < -0.39 is 0 Å². The van der Waals surface area contributed by atoms with Gasteiger partial charge in [-0.2, -0.15) is 0 Å². The molecule has 2 unspecified atom stereocenters. The minimum atomic E-state index is 0. The fraction of sp³-hybridized carbons (Fsp3) is 0.722. The molecule has 7 nitrogen and oxygen atoms in total. The van der Waals surface area contributed by atoms with Crippen LogP contribution in [0.25, 0.3) is 0 Å². The summed E-state index contributed by atoms with van der Waals surface area (Å²) >= 11 is 0. The Balaban J connectivity index is 0.00000243. The quantitative estimate of drug-likeness (QED) is 0.637. The van der Waals surface area contributed by atoms with Crippen LogP contribution in [0.2, 0.25) is 0 Å². The average molecular weight is 456 g/mol. The molecule has 2 fully saturated rings. The Morgan fingerprint density at radius 2 is 1.79 bits per heavy atom. The standard InChI is InChI=1S/C18H30N6O.3ClH/c19-16-5-1-4-15(14-16)17(25)20-8-3-9-23-10-12-24(13-11-23)18-21-6-2-7-22-18;;;/h2,6-7,15-16H,1,3-5,8-14,19H2,(H,20,25);3*1H. The molecule has 3 rings (SSSR count). The number of nitrogens with one attached hydrogen (secondary N) is 1. The number of hydrogen-bond donors (Lipinski definition) is 2. The summed E-state index contributed by atoms with van der Waals surface area (Å²) in [6, 6.07) is 2.05. The van der Waals surface area contributed by atoms with Gasteiger partial charge in [0, 0.05) is 57.1 Å². The van der Waals surface area contributed by atoms with Crippen molar-refractivity contribution in [2.75, 3.05) is 44.2 Å². The van der Waals surface area contributed by atoms with Gasteiger partial charge in [0.25, 0.3) is 0 Å². The molecular formula is C18H33Cl3N6O. The zero-order valence-corrected chi connectivity index (χ0v) is 18.6. The van der Waals surface area contributed by atoms with E-state index in [2.05, 4.69) is 25.1 Å². The van der Waals surface area contributed by atoms with Crippen molar-refractivity contribution in [3.63, 3.8) is 0 Å². The molecule has 2 atom stereocenters. The first kappa shape index (κ1) is 27.1. The van der Waals surface area contributed by atoms with E-state index in [0.29, 0.717) is 0 Å². The molecule has 0 bridgehead atoms. The second-order valence-corrected chi connectivity index (χ2v) is 7.15. The van der Waals surface area contributed by atoms with Crippen molar-refractivity contribution in [2.45, 2.75) is 38.1 Å². The molecule has 1 aromatic heterocycles.